The molecule has 0 bridgehead atoms. The third kappa shape index (κ3) is 6.60. The summed E-state index contributed by atoms with van der Waals surface area (Å²) >= 11 is 0. The molecule has 1 amide bonds. The average Bonchev–Trinajstić information content (AvgIpc) is 2.59. The maximum atomic E-state index is 12.2. The lowest BCUT2D eigenvalue weighted by Crippen LogP contribution is -2.47. The van der Waals surface area contributed by atoms with E-state index in [0.717, 1.165) is 11.8 Å². The van der Waals surface area contributed by atoms with Gasteiger partial charge in [-0.2, -0.15) is 0 Å². The molecule has 0 aliphatic rings. The van der Waals surface area contributed by atoms with Gasteiger partial charge in [-0.05, 0) is 50.1 Å². The summed E-state index contributed by atoms with van der Waals surface area (Å²) in [6.45, 7) is 3.82. The maximum Gasteiger partial charge on any atom is 0.258 e. The fraction of sp³-hybridized carbons (Fsp3) is 0.350. The third-order valence-corrected chi connectivity index (χ3v) is 5.24. The predicted molar refractivity (Wildman–Crippen MR) is 108 cm³/mol. The molecule has 0 radical (unpaired) electrons. The number of ether oxygens (including phenoxy) is 1. The molecule has 0 atom stereocenters. The molecule has 0 fully saturated rings. The minimum atomic E-state index is -3.31. The summed E-state index contributed by atoms with van der Waals surface area (Å²) in [7, 11) is -1.83. The van der Waals surface area contributed by atoms with Gasteiger partial charge in [-0.1, -0.05) is 30.3 Å². The Morgan fingerprint density at radius 3 is 2.22 bits per heavy atom. The number of anilines is 1. The van der Waals surface area contributed by atoms with Crippen LogP contribution in [0.15, 0.2) is 54.6 Å². The number of amides is 1. The third-order valence-electron chi connectivity index (χ3n) is 4.03. The van der Waals surface area contributed by atoms with Gasteiger partial charge in [0.25, 0.3) is 5.91 Å². The number of carbonyl (C=O) groups is 1. The van der Waals surface area contributed by atoms with Gasteiger partial charge in [0.2, 0.25) is 10.0 Å². The number of sulfonamides is 1. The van der Waals surface area contributed by atoms with E-state index in [2.05, 4.69) is 5.32 Å². The van der Waals surface area contributed by atoms with Crippen LogP contribution in [0.2, 0.25) is 0 Å². The molecule has 0 saturated heterocycles. The molecule has 7 heteroatoms. The van der Waals surface area contributed by atoms with Crippen molar-refractivity contribution < 1.29 is 17.9 Å². The fourth-order valence-electron chi connectivity index (χ4n) is 2.66. The minimum absolute atomic E-state index is 0.112. The van der Waals surface area contributed by atoms with E-state index >= 15 is 0 Å². The largest absolute Gasteiger partial charge is 0.484 e. The molecule has 27 heavy (non-hydrogen) atoms. The van der Waals surface area contributed by atoms with Crippen molar-refractivity contribution in [2.24, 2.45) is 0 Å². The zero-order chi connectivity index (χ0) is 20.1. The summed E-state index contributed by atoms with van der Waals surface area (Å²) < 4.78 is 29.8. The summed E-state index contributed by atoms with van der Waals surface area (Å²) in [5.41, 5.74) is 1.27. The molecule has 0 saturated carbocycles. The van der Waals surface area contributed by atoms with Gasteiger partial charge in [0.15, 0.2) is 6.61 Å². The van der Waals surface area contributed by atoms with Crippen LogP contribution >= 0.6 is 0 Å². The van der Waals surface area contributed by atoms with Crippen LogP contribution in [0.25, 0.3) is 0 Å². The van der Waals surface area contributed by atoms with Gasteiger partial charge in [0.1, 0.15) is 5.75 Å². The van der Waals surface area contributed by atoms with Crippen molar-refractivity contribution in [3.63, 3.8) is 0 Å². The topological polar surface area (TPSA) is 75.7 Å². The fourth-order valence-corrected chi connectivity index (χ4v) is 3.16. The lowest BCUT2D eigenvalue weighted by Gasteiger charge is -2.26. The van der Waals surface area contributed by atoms with Crippen molar-refractivity contribution in [3.8, 4) is 5.75 Å². The van der Waals surface area contributed by atoms with E-state index in [4.69, 9.17) is 4.74 Å². The molecule has 1 N–H and O–H groups in total. The highest BCUT2D eigenvalue weighted by atomic mass is 32.2. The Bertz CT molecular complexity index is 863. The Labute approximate surface area is 161 Å². The second-order valence-corrected chi connectivity index (χ2v) is 9.12. The van der Waals surface area contributed by atoms with Crippen molar-refractivity contribution in [3.05, 3.63) is 60.2 Å². The lowest BCUT2D eigenvalue weighted by atomic mass is 9.95. The van der Waals surface area contributed by atoms with Crippen LogP contribution in [0, 0.1) is 0 Å². The highest BCUT2D eigenvalue weighted by molar-refractivity contribution is 7.92. The van der Waals surface area contributed by atoms with Crippen molar-refractivity contribution in [2.75, 3.05) is 24.2 Å². The Hall–Kier alpha value is -2.54. The summed E-state index contributed by atoms with van der Waals surface area (Å²) in [6.07, 6.45) is 1.85. The van der Waals surface area contributed by atoms with Crippen molar-refractivity contribution in [1.29, 1.82) is 0 Å². The normalized spacial score (nSPS) is 11.7. The zero-order valence-electron chi connectivity index (χ0n) is 16.1. The van der Waals surface area contributed by atoms with Gasteiger partial charge in [0, 0.05) is 12.6 Å². The molecule has 146 valence electrons. The molecule has 0 aliphatic heterocycles. The van der Waals surface area contributed by atoms with Crippen molar-refractivity contribution >= 4 is 21.6 Å². The Morgan fingerprint density at radius 2 is 1.67 bits per heavy atom. The van der Waals surface area contributed by atoms with E-state index in [1.807, 2.05) is 44.2 Å². The Morgan fingerprint density at radius 1 is 1.07 bits per heavy atom. The quantitative estimate of drug-likeness (QED) is 0.752. The highest BCUT2D eigenvalue weighted by Gasteiger charge is 2.21. The molecule has 2 aromatic carbocycles. The monoisotopic (exact) mass is 390 g/mol. The first-order valence-corrected chi connectivity index (χ1v) is 10.4. The van der Waals surface area contributed by atoms with Gasteiger partial charge in [-0.25, -0.2) is 8.42 Å². The van der Waals surface area contributed by atoms with E-state index in [9.17, 15) is 13.2 Å². The van der Waals surface area contributed by atoms with Crippen LogP contribution < -0.4 is 14.4 Å². The summed E-state index contributed by atoms with van der Waals surface area (Å²) in [4.78, 5) is 12.2. The molecule has 2 rings (SSSR count). The standard InChI is InChI=1S/C20H26N2O4S/c1-20(2,14-16-8-6-5-7-9-16)21-19(23)15-26-18-12-10-17(11-13-18)22(3)27(4,24)25/h5-13H,14-15H2,1-4H3,(H,21,23). The second-order valence-electron chi connectivity index (χ2n) is 7.11. The molecule has 0 aromatic heterocycles. The molecule has 0 unspecified atom stereocenters. The molecular weight excluding hydrogens is 364 g/mol. The lowest BCUT2D eigenvalue weighted by molar-refractivity contribution is -0.124. The first-order chi connectivity index (χ1) is 12.6. The minimum Gasteiger partial charge on any atom is -0.484 e. The van der Waals surface area contributed by atoms with Crippen molar-refractivity contribution in [2.45, 2.75) is 25.8 Å². The summed E-state index contributed by atoms with van der Waals surface area (Å²) in [6, 6.07) is 16.5. The van der Waals surface area contributed by atoms with Crippen LogP contribution in [0.3, 0.4) is 0 Å². The number of carbonyl (C=O) groups excluding carboxylic acids is 1. The van der Waals surface area contributed by atoms with Gasteiger partial charge in [0.05, 0.1) is 11.9 Å². The molecule has 0 aliphatic carbocycles. The van der Waals surface area contributed by atoms with Gasteiger partial charge in [-0.15, -0.1) is 0 Å². The molecule has 0 heterocycles. The summed E-state index contributed by atoms with van der Waals surface area (Å²) in [5.74, 6) is 0.282. The SMILES string of the molecule is CN(c1ccc(OCC(=O)NC(C)(C)Cc2ccccc2)cc1)S(C)(=O)=O. The first kappa shape index (κ1) is 20.8. The maximum absolute atomic E-state index is 12.2. The summed E-state index contributed by atoms with van der Waals surface area (Å²) in [5, 5.41) is 2.97. The average molecular weight is 391 g/mol. The van der Waals surface area contributed by atoms with E-state index in [1.165, 1.54) is 11.4 Å². The van der Waals surface area contributed by atoms with Crippen LogP contribution in [0.5, 0.6) is 5.75 Å². The Balaban J connectivity index is 1.88. The molecule has 0 spiro atoms. The van der Waals surface area contributed by atoms with Crippen molar-refractivity contribution in [1.82, 2.24) is 5.32 Å². The van der Waals surface area contributed by atoms with E-state index in [1.54, 1.807) is 24.3 Å². The molecule has 6 nitrogen and oxygen atoms in total. The number of hydrogen-bond donors (Lipinski definition) is 1. The smallest absolute Gasteiger partial charge is 0.258 e. The Kier molecular flexibility index (Phi) is 6.49. The first-order valence-electron chi connectivity index (χ1n) is 8.58. The second kappa shape index (κ2) is 8.43. The van der Waals surface area contributed by atoms with Gasteiger partial charge >= 0.3 is 0 Å². The van der Waals surface area contributed by atoms with Crippen LogP contribution in [0.4, 0.5) is 5.69 Å². The van der Waals surface area contributed by atoms with E-state index in [0.29, 0.717) is 17.9 Å². The molecular formula is C20H26N2O4S. The number of benzene rings is 2. The van der Waals surface area contributed by atoms with Crippen LogP contribution in [-0.2, 0) is 21.2 Å². The predicted octanol–water partition coefficient (Wildman–Crippen LogP) is 2.60. The number of hydrogen-bond acceptors (Lipinski definition) is 4. The number of nitrogens with one attached hydrogen (secondary N) is 1. The van der Waals surface area contributed by atoms with E-state index < -0.39 is 15.6 Å². The number of rotatable bonds is 8. The van der Waals surface area contributed by atoms with Gasteiger partial charge < -0.3 is 10.1 Å². The van der Waals surface area contributed by atoms with Crippen LogP contribution in [0.1, 0.15) is 19.4 Å². The molecule has 2 aromatic rings. The van der Waals surface area contributed by atoms with Gasteiger partial charge in [-0.3, -0.25) is 9.10 Å². The van der Waals surface area contributed by atoms with Crippen LogP contribution in [-0.4, -0.2) is 39.8 Å². The number of nitrogens with zero attached hydrogens (tertiary/aromatic N) is 1. The zero-order valence-corrected chi connectivity index (χ0v) is 16.9. The highest BCUT2D eigenvalue weighted by Crippen LogP contribution is 2.20. The van der Waals surface area contributed by atoms with E-state index in [-0.39, 0.29) is 12.5 Å².